The lowest BCUT2D eigenvalue weighted by atomic mass is 10.2. The number of nitrogens with zero attached hydrogens (tertiary/aromatic N) is 2. The second-order valence-corrected chi connectivity index (χ2v) is 2.42. The smallest absolute Gasteiger partial charge is 0.156 e. The molecule has 0 bridgehead atoms. The number of hydrogen-bond donors (Lipinski definition) is 1. The minimum atomic E-state index is -0.0806. The second-order valence-electron chi connectivity index (χ2n) is 2.07. The molecule has 1 unspecified atom stereocenters. The Kier molecular flexibility index (Phi) is 2.19. The van der Waals surface area contributed by atoms with Gasteiger partial charge in [-0.1, -0.05) is 11.6 Å². The van der Waals surface area contributed by atoms with Crippen LogP contribution in [0.4, 0.5) is 0 Å². The van der Waals surface area contributed by atoms with Gasteiger partial charge in [0.05, 0.1) is 6.20 Å². The molecule has 0 amide bonds. The number of rotatable bonds is 1. The van der Waals surface area contributed by atoms with Crippen LogP contribution >= 0.6 is 11.6 Å². The Bertz CT molecular complexity index is 224. The SMILES string of the molecule is CC(N)c1ccnnc1Cl. The van der Waals surface area contributed by atoms with Gasteiger partial charge in [-0.25, -0.2) is 0 Å². The number of nitrogens with two attached hydrogens (primary N) is 1. The maximum atomic E-state index is 5.67. The van der Waals surface area contributed by atoms with E-state index in [2.05, 4.69) is 10.2 Å². The van der Waals surface area contributed by atoms with E-state index in [1.165, 1.54) is 0 Å². The molecule has 0 radical (unpaired) electrons. The molecule has 1 aromatic heterocycles. The van der Waals surface area contributed by atoms with Crippen molar-refractivity contribution in [1.82, 2.24) is 10.2 Å². The molecule has 1 atom stereocenters. The summed E-state index contributed by atoms with van der Waals surface area (Å²) in [5.74, 6) is 0. The molecule has 0 aliphatic carbocycles. The van der Waals surface area contributed by atoms with Gasteiger partial charge in [0, 0.05) is 11.6 Å². The molecule has 10 heavy (non-hydrogen) atoms. The van der Waals surface area contributed by atoms with Crippen LogP contribution in [0.1, 0.15) is 18.5 Å². The maximum Gasteiger partial charge on any atom is 0.156 e. The Morgan fingerprint density at radius 1 is 1.70 bits per heavy atom. The lowest BCUT2D eigenvalue weighted by Crippen LogP contribution is -2.06. The van der Waals surface area contributed by atoms with Crippen LogP contribution in [-0.4, -0.2) is 10.2 Å². The van der Waals surface area contributed by atoms with E-state index in [1.54, 1.807) is 12.3 Å². The van der Waals surface area contributed by atoms with Gasteiger partial charge < -0.3 is 5.73 Å². The van der Waals surface area contributed by atoms with Crippen molar-refractivity contribution in [1.29, 1.82) is 0 Å². The summed E-state index contributed by atoms with van der Waals surface area (Å²) in [4.78, 5) is 0. The third-order valence-electron chi connectivity index (χ3n) is 1.20. The van der Waals surface area contributed by atoms with E-state index in [4.69, 9.17) is 17.3 Å². The summed E-state index contributed by atoms with van der Waals surface area (Å²) in [6, 6.07) is 1.68. The van der Waals surface area contributed by atoms with E-state index in [0.29, 0.717) is 5.15 Å². The summed E-state index contributed by atoms with van der Waals surface area (Å²) in [6.07, 6.45) is 1.57. The average molecular weight is 158 g/mol. The van der Waals surface area contributed by atoms with Crippen molar-refractivity contribution >= 4 is 11.6 Å². The number of halogens is 1. The molecule has 1 rings (SSSR count). The summed E-state index contributed by atoms with van der Waals surface area (Å²) < 4.78 is 0. The van der Waals surface area contributed by atoms with Gasteiger partial charge in [-0.15, -0.1) is 5.10 Å². The van der Waals surface area contributed by atoms with Crippen LogP contribution in [-0.2, 0) is 0 Å². The fourth-order valence-electron chi connectivity index (χ4n) is 0.664. The van der Waals surface area contributed by atoms with Crippen LogP contribution < -0.4 is 5.73 Å². The molecule has 0 aromatic carbocycles. The highest BCUT2D eigenvalue weighted by Crippen LogP contribution is 2.16. The van der Waals surface area contributed by atoms with Crippen LogP contribution in [0.25, 0.3) is 0 Å². The molecule has 0 aliphatic rings. The summed E-state index contributed by atoms with van der Waals surface area (Å²) in [7, 11) is 0. The summed E-state index contributed by atoms with van der Waals surface area (Å²) in [5, 5.41) is 7.61. The normalized spacial score (nSPS) is 13.1. The minimum absolute atomic E-state index is 0.0806. The van der Waals surface area contributed by atoms with Crippen molar-refractivity contribution in [3.05, 3.63) is 23.0 Å². The molecule has 4 heteroatoms. The Morgan fingerprint density at radius 3 is 2.80 bits per heavy atom. The van der Waals surface area contributed by atoms with Crippen molar-refractivity contribution in [2.24, 2.45) is 5.73 Å². The molecule has 0 saturated heterocycles. The van der Waals surface area contributed by atoms with E-state index in [1.807, 2.05) is 6.92 Å². The van der Waals surface area contributed by atoms with Crippen molar-refractivity contribution in [3.8, 4) is 0 Å². The molecule has 3 nitrogen and oxygen atoms in total. The number of aromatic nitrogens is 2. The van der Waals surface area contributed by atoms with E-state index < -0.39 is 0 Å². The highest BCUT2D eigenvalue weighted by Gasteiger charge is 2.04. The van der Waals surface area contributed by atoms with Gasteiger partial charge in [0.25, 0.3) is 0 Å². The summed E-state index contributed by atoms with van der Waals surface area (Å²) >= 11 is 5.67. The first-order valence-corrected chi connectivity index (χ1v) is 3.32. The fraction of sp³-hybridized carbons (Fsp3) is 0.333. The van der Waals surface area contributed by atoms with Gasteiger partial charge in [0.1, 0.15) is 0 Å². The molecule has 54 valence electrons. The molecule has 1 aromatic rings. The first-order chi connectivity index (χ1) is 4.72. The zero-order valence-electron chi connectivity index (χ0n) is 5.58. The maximum absolute atomic E-state index is 5.67. The molecule has 1 heterocycles. The Labute approximate surface area is 64.2 Å². The zero-order chi connectivity index (χ0) is 7.56. The highest BCUT2D eigenvalue weighted by atomic mass is 35.5. The standard InChI is InChI=1S/C6H8ClN3/c1-4(8)5-2-3-9-10-6(5)7/h2-4H,8H2,1H3. The van der Waals surface area contributed by atoms with Gasteiger partial charge in [0.2, 0.25) is 0 Å². The Morgan fingerprint density at radius 2 is 2.40 bits per heavy atom. The molecule has 2 N–H and O–H groups in total. The lowest BCUT2D eigenvalue weighted by molar-refractivity contribution is 0.800. The zero-order valence-corrected chi connectivity index (χ0v) is 6.34. The van der Waals surface area contributed by atoms with E-state index in [0.717, 1.165) is 5.56 Å². The predicted octanol–water partition coefficient (Wildman–Crippen LogP) is 1.15. The largest absolute Gasteiger partial charge is 0.324 e. The fourth-order valence-corrected chi connectivity index (χ4v) is 0.943. The van der Waals surface area contributed by atoms with E-state index in [-0.39, 0.29) is 6.04 Å². The van der Waals surface area contributed by atoms with E-state index in [9.17, 15) is 0 Å². The first-order valence-electron chi connectivity index (χ1n) is 2.94. The Hall–Kier alpha value is -0.670. The van der Waals surface area contributed by atoms with Crippen molar-refractivity contribution < 1.29 is 0 Å². The van der Waals surface area contributed by atoms with Crippen LogP contribution in [0.3, 0.4) is 0 Å². The second kappa shape index (κ2) is 2.94. The van der Waals surface area contributed by atoms with Gasteiger partial charge >= 0.3 is 0 Å². The number of hydrogen-bond acceptors (Lipinski definition) is 3. The Balaban J connectivity index is 3.03. The monoisotopic (exact) mass is 157 g/mol. The van der Waals surface area contributed by atoms with Crippen molar-refractivity contribution in [3.63, 3.8) is 0 Å². The van der Waals surface area contributed by atoms with Gasteiger partial charge in [-0.3, -0.25) is 0 Å². The molecule has 0 fully saturated rings. The summed E-state index contributed by atoms with van der Waals surface area (Å²) in [5.41, 5.74) is 6.39. The van der Waals surface area contributed by atoms with Gasteiger partial charge in [-0.2, -0.15) is 5.10 Å². The summed E-state index contributed by atoms with van der Waals surface area (Å²) in [6.45, 7) is 1.85. The topological polar surface area (TPSA) is 51.8 Å². The van der Waals surface area contributed by atoms with Crippen LogP contribution in [0.5, 0.6) is 0 Å². The first kappa shape index (κ1) is 7.44. The van der Waals surface area contributed by atoms with Crippen molar-refractivity contribution in [2.75, 3.05) is 0 Å². The quantitative estimate of drug-likeness (QED) is 0.666. The predicted molar refractivity (Wildman–Crippen MR) is 39.6 cm³/mol. The molecule has 0 saturated carbocycles. The molecule has 0 aliphatic heterocycles. The van der Waals surface area contributed by atoms with Crippen LogP contribution in [0, 0.1) is 0 Å². The average Bonchev–Trinajstić information content (AvgIpc) is 1.88. The minimum Gasteiger partial charge on any atom is -0.324 e. The highest BCUT2D eigenvalue weighted by molar-refractivity contribution is 6.30. The molecular weight excluding hydrogens is 150 g/mol. The third kappa shape index (κ3) is 1.43. The van der Waals surface area contributed by atoms with Crippen molar-refractivity contribution in [2.45, 2.75) is 13.0 Å². The molecule has 0 spiro atoms. The molecular formula is C6H8ClN3. The van der Waals surface area contributed by atoms with Crippen LogP contribution in [0.2, 0.25) is 5.15 Å². The lowest BCUT2D eigenvalue weighted by Gasteiger charge is -2.04. The van der Waals surface area contributed by atoms with Crippen LogP contribution in [0.15, 0.2) is 12.3 Å². The van der Waals surface area contributed by atoms with Gasteiger partial charge in [0.15, 0.2) is 5.15 Å². The third-order valence-corrected chi connectivity index (χ3v) is 1.49. The van der Waals surface area contributed by atoms with Gasteiger partial charge in [-0.05, 0) is 13.0 Å². The van der Waals surface area contributed by atoms with E-state index >= 15 is 0 Å².